The summed E-state index contributed by atoms with van der Waals surface area (Å²) in [6.45, 7) is 4.91. The zero-order chi connectivity index (χ0) is 10.7. The Morgan fingerprint density at radius 3 is 2.71 bits per heavy atom. The van der Waals surface area contributed by atoms with Crippen molar-refractivity contribution in [3.05, 3.63) is 23.7 Å². The molecule has 0 spiro atoms. The maximum absolute atomic E-state index is 10.6. The van der Waals surface area contributed by atoms with E-state index in [1.54, 1.807) is 6.07 Å². The number of nitrogens with zero attached hydrogens (tertiary/aromatic N) is 1. The van der Waals surface area contributed by atoms with Crippen molar-refractivity contribution in [2.45, 2.75) is 19.9 Å². The largest absolute Gasteiger partial charge is 0.475 e. The van der Waals surface area contributed by atoms with Gasteiger partial charge in [0.2, 0.25) is 5.76 Å². The second-order valence-electron chi connectivity index (χ2n) is 3.26. The van der Waals surface area contributed by atoms with Crippen molar-refractivity contribution >= 4 is 5.97 Å². The number of carbonyl (C=O) groups is 1. The quantitative estimate of drug-likeness (QED) is 0.802. The molecule has 0 radical (unpaired) electrons. The lowest BCUT2D eigenvalue weighted by Crippen LogP contribution is -2.21. The summed E-state index contributed by atoms with van der Waals surface area (Å²) in [5.74, 6) is -0.342. The molecular formula is C10H15NO3. The molecule has 78 valence electrons. The zero-order valence-electron chi connectivity index (χ0n) is 8.65. The average molecular weight is 197 g/mol. The summed E-state index contributed by atoms with van der Waals surface area (Å²) in [4.78, 5) is 12.6. The molecule has 1 heterocycles. The molecule has 1 unspecified atom stereocenters. The third-order valence-corrected chi connectivity index (χ3v) is 2.41. The van der Waals surface area contributed by atoms with Gasteiger partial charge in [-0.1, -0.05) is 6.92 Å². The minimum atomic E-state index is -1.03. The van der Waals surface area contributed by atoms with Gasteiger partial charge in [0.1, 0.15) is 5.76 Å². The highest BCUT2D eigenvalue weighted by Gasteiger charge is 2.16. The van der Waals surface area contributed by atoms with Crippen LogP contribution in [0.1, 0.15) is 36.2 Å². The fourth-order valence-electron chi connectivity index (χ4n) is 1.18. The number of hydrogen-bond donors (Lipinski definition) is 1. The van der Waals surface area contributed by atoms with Gasteiger partial charge >= 0.3 is 5.97 Å². The summed E-state index contributed by atoms with van der Waals surface area (Å²) in [5, 5.41) is 8.67. The molecule has 0 aliphatic heterocycles. The van der Waals surface area contributed by atoms with Crippen molar-refractivity contribution in [1.82, 2.24) is 4.90 Å². The van der Waals surface area contributed by atoms with Crippen LogP contribution in [0.15, 0.2) is 16.5 Å². The first-order valence-electron chi connectivity index (χ1n) is 4.59. The highest BCUT2D eigenvalue weighted by atomic mass is 16.4. The molecule has 1 rings (SSSR count). The molecule has 0 aliphatic rings. The van der Waals surface area contributed by atoms with E-state index in [1.807, 2.05) is 20.9 Å². The van der Waals surface area contributed by atoms with E-state index in [-0.39, 0.29) is 11.8 Å². The number of furan rings is 1. The van der Waals surface area contributed by atoms with Gasteiger partial charge in [-0.25, -0.2) is 4.79 Å². The smallest absolute Gasteiger partial charge is 0.371 e. The lowest BCUT2D eigenvalue weighted by atomic mass is 10.2. The summed E-state index contributed by atoms with van der Waals surface area (Å²) in [5.41, 5.74) is 0. The van der Waals surface area contributed by atoms with Crippen LogP contribution in [0.2, 0.25) is 0 Å². The Kier molecular flexibility index (Phi) is 3.30. The van der Waals surface area contributed by atoms with Crippen LogP contribution in [-0.2, 0) is 0 Å². The highest BCUT2D eigenvalue weighted by molar-refractivity contribution is 5.84. The van der Waals surface area contributed by atoms with Gasteiger partial charge in [-0.15, -0.1) is 0 Å². The number of carboxylic acids is 1. The topological polar surface area (TPSA) is 53.7 Å². The molecular weight excluding hydrogens is 182 g/mol. The van der Waals surface area contributed by atoms with Crippen molar-refractivity contribution in [2.75, 3.05) is 13.6 Å². The molecule has 0 aliphatic carbocycles. The van der Waals surface area contributed by atoms with Crippen LogP contribution in [0.5, 0.6) is 0 Å². The first-order chi connectivity index (χ1) is 6.56. The maximum Gasteiger partial charge on any atom is 0.371 e. The summed E-state index contributed by atoms with van der Waals surface area (Å²) >= 11 is 0. The average Bonchev–Trinajstić information content (AvgIpc) is 2.64. The van der Waals surface area contributed by atoms with Gasteiger partial charge in [0.05, 0.1) is 6.04 Å². The Morgan fingerprint density at radius 1 is 1.64 bits per heavy atom. The predicted octanol–water partition coefficient (Wildman–Crippen LogP) is 1.99. The van der Waals surface area contributed by atoms with E-state index in [4.69, 9.17) is 9.52 Å². The van der Waals surface area contributed by atoms with Crippen molar-refractivity contribution in [1.29, 1.82) is 0 Å². The van der Waals surface area contributed by atoms with E-state index in [2.05, 4.69) is 4.90 Å². The van der Waals surface area contributed by atoms with Crippen LogP contribution in [0, 0.1) is 0 Å². The summed E-state index contributed by atoms with van der Waals surface area (Å²) in [6, 6.07) is 3.30. The number of carboxylic acid groups (broad SMARTS) is 1. The fraction of sp³-hybridized carbons (Fsp3) is 0.500. The molecule has 1 atom stereocenters. The molecule has 1 aromatic rings. The van der Waals surface area contributed by atoms with E-state index in [9.17, 15) is 4.79 Å². The van der Waals surface area contributed by atoms with Crippen LogP contribution in [0.4, 0.5) is 0 Å². The molecule has 0 amide bonds. The summed E-state index contributed by atoms with van der Waals surface area (Å²) in [7, 11) is 1.97. The van der Waals surface area contributed by atoms with Crippen LogP contribution in [0.3, 0.4) is 0 Å². The van der Waals surface area contributed by atoms with Gasteiger partial charge in [0.25, 0.3) is 0 Å². The monoisotopic (exact) mass is 197 g/mol. The van der Waals surface area contributed by atoms with Gasteiger partial charge in [0, 0.05) is 0 Å². The van der Waals surface area contributed by atoms with Crippen molar-refractivity contribution in [3.63, 3.8) is 0 Å². The molecule has 4 heteroatoms. The van der Waals surface area contributed by atoms with Crippen LogP contribution < -0.4 is 0 Å². The molecule has 0 fully saturated rings. The second-order valence-corrected chi connectivity index (χ2v) is 3.26. The molecule has 0 bridgehead atoms. The normalized spacial score (nSPS) is 13.1. The third kappa shape index (κ3) is 2.14. The van der Waals surface area contributed by atoms with Gasteiger partial charge in [-0.2, -0.15) is 0 Å². The maximum atomic E-state index is 10.6. The molecule has 1 N–H and O–H groups in total. The fourth-order valence-corrected chi connectivity index (χ4v) is 1.18. The third-order valence-electron chi connectivity index (χ3n) is 2.41. The number of hydrogen-bond acceptors (Lipinski definition) is 3. The van der Waals surface area contributed by atoms with E-state index >= 15 is 0 Å². The Bertz CT molecular complexity index is 319. The predicted molar refractivity (Wildman–Crippen MR) is 52.4 cm³/mol. The zero-order valence-corrected chi connectivity index (χ0v) is 8.65. The van der Waals surface area contributed by atoms with Crippen LogP contribution >= 0.6 is 0 Å². The molecule has 4 nitrogen and oxygen atoms in total. The Labute approximate surface area is 83.1 Å². The number of rotatable bonds is 4. The highest BCUT2D eigenvalue weighted by Crippen LogP contribution is 2.20. The van der Waals surface area contributed by atoms with Gasteiger partial charge in [-0.05, 0) is 32.6 Å². The van der Waals surface area contributed by atoms with Crippen molar-refractivity contribution < 1.29 is 14.3 Å². The first kappa shape index (κ1) is 10.8. The number of aromatic carboxylic acids is 1. The van der Waals surface area contributed by atoms with E-state index < -0.39 is 5.97 Å². The Balaban J connectivity index is 2.81. The summed E-state index contributed by atoms with van der Waals surface area (Å²) < 4.78 is 5.19. The van der Waals surface area contributed by atoms with E-state index in [0.717, 1.165) is 6.54 Å². The molecule has 0 aromatic carbocycles. The van der Waals surface area contributed by atoms with Crippen LogP contribution in [-0.4, -0.2) is 29.6 Å². The summed E-state index contributed by atoms with van der Waals surface area (Å²) in [6.07, 6.45) is 0. The standard InChI is InChI=1S/C10H15NO3/c1-4-11(3)7(2)8-5-6-9(14-8)10(12)13/h5-7H,4H2,1-3H3,(H,12,13). The van der Waals surface area contributed by atoms with Gasteiger partial charge in [-0.3, -0.25) is 4.90 Å². The Morgan fingerprint density at radius 2 is 2.29 bits per heavy atom. The lowest BCUT2D eigenvalue weighted by Gasteiger charge is -2.20. The Hall–Kier alpha value is -1.29. The lowest BCUT2D eigenvalue weighted by molar-refractivity contribution is 0.0657. The van der Waals surface area contributed by atoms with E-state index in [0.29, 0.717) is 5.76 Å². The van der Waals surface area contributed by atoms with Gasteiger partial charge in [0.15, 0.2) is 0 Å². The van der Waals surface area contributed by atoms with Crippen molar-refractivity contribution in [2.24, 2.45) is 0 Å². The van der Waals surface area contributed by atoms with E-state index in [1.165, 1.54) is 6.07 Å². The van der Waals surface area contributed by atoms with Gasteiger partial charge < -0.3 is 9.52 Å². The van der Waals surface area contributed by atoms with Crippen molar-refractivity contribution in [3.8, 4) is 0 Å². The molecule has 0 saturated carbocycles. The molecule has 1 aromatic heterocycles. The molecule has 0 saturated heterocycles. The minimum Gasteiger partial charge on any atom is -0.475 e. The minimum absolute atomic E-state index is 0.00338. The second kappa shape index (κ2) is 4.28. The molecule has 14 heavy (non-hydrogen) atoms. The van der Waals surface area contributed by atoms with Crippen LogP contribution in [0.25, 0.3) is 0 Å². The SMILES string of the molecule is CCN(C)C(C)c1ccc(C(=O)O)o1. The first-order valence-corrected chi connectivity index (χ1v) is 4.59.